The van der Waals surface area contributed by atoms with Crippen LogP contribution in [-0.2, 0) is 6.54 Å². The Morgan fingerprint density at radius 3 is 2.62 bits per heavy atom. The van der Waals surface area contributed by atoms with Gasteiger partial charge in [0.25, 0.3) is 0 Å². The molecule has 4 nitrogen and oxygen atoms in total. The lowest BCUT2D eigenvalue weighted by atomic mass is 10.1. The van der Waals surface area contributed by atoms with Crippen LogP contribution in [0, 0.1) is 0 Å². The number of pyridine rings is 1. The van der Waals surface area contributed by atoms with Gasteiger partial charge in [0.15, 0.2) is 10.6 Å². The number of fused-ring (bicyclic) bond motifs is 2. The van der Waals surface area contributed by atoms with Crippen molar-refractivity contribution in [1.82, 2.24) is 9.55 Å². The Hall–Kier alpha value is -3.15. The highest BCUT2D eigenvalue weighted by molar-refractivity contribution is 7.22. The van der Waals surface area contributed by atoms with Crippen LogP contribution in [0.25, 0.3) is 26.8 Å². The monoisotopic (exact) mass is 417 g/mol. The van der Waals surface area contributed by atoms with Gasteiger partial charge in [-0.05, 0) is 42.5 Å². The van der Waals surface area contributed by atoms with Crippen LogP contribution in [0.3, 0.4) is 0 Å². The summed E-state index contributed by atoms with van der Waals surface area (Å²) >= 11 is 7.80. The van der Waals surface area contributed by atoms with Gasteiger partial charge in [0.2, 0.25) is 0 Å². The number of nitrogens with one attached hydrogen (secondary N) is 1. The van der Waals surface area contributed by atoms with Gasteiger partial charge >= 0.3 is 0 Å². The Balaban J connectivity index is 1.59. The number of hydrogen-bond donors (Lipinski definition) is 1. The summed E-state index contributed by atoms with van der Waals surface area (Å²) < 4.78 is 3.13. The van der Waals surface area contributed by atoms with Crippen molar-refractivity contribution in [3.63, 3.8) is 0 Å². The maximum Gasteiger partial charge on any atom is 0.194 e. The van der Waals surface area contributed by atoms with E-state index in [0.717, 1.165) is 26.6 Å². The van der Waals surface area contributed by atoms with Crippen molar-refractivity contribution in [2.75, 3.05) is 5.32 Å². The minimum absolute atomic E-state index is 0.00235. The minimum Gasteiger partial charge on any atom is -0.357 e. The summed E-state index contributed by atoms with van der Waals surface area (Å²) in [4.78, 5) is 17.7. The van der Waals surface area contributed by atoms with E-state index in [1.165, 1.54) is 0 Å². The molecule has 29 heavy (non-hydrogen) atoms. The Kier molecular flexibility index (Phi) is 4.54. The van der Waals surface area contributed by atoms with Crippen LogP contribution in [-0.4, -0.2) is 9.55 Å². The first kappa shape index (κ1) is 17.9. The van der Waals surface area contributed by atoms with Crippen LogP contribution in [0.15, 0.2) is 83.8 Å². The average Bonchev–Trinajstić information content (AvgIpc) is 3.17. The summed E-state index contributed by atoms with van der Waals surface area (Å²) in [6.45, 7) is 0.393. The van der Waals surface area contributed by atoms with Crippen LogP contribution in [0.4, 0.5) is 5.13 Å². The largest absolute Gasteiger partial charge is 0.357 e. The predicted molar refractivity (Wildman–Crippen MR) is 122 cm³/mol. The first-order chi connectivity index (χ1) is 14.2. The zero-order chi connectivity index (χ0) is 19.8. The van der Waals surface area contributed by atoms with Crippen molar-refractivity contribution < 1.29 is 0 Å². The second kappa shape index (κ2) is 7.35. The molecule has 0 spiro atoms. The van der Waals surface area contributed by atoms with E-state index < -0.39 is 0 Å². The number of rotatable bonds is 4. The van der Waals surface area contributed by atoms with Crippen molar-refractivity contribution in [2.24, 2.45) is 0 Å². The van der Waals surface area contributed by atoms with Crippen molar-refractivity contribution >= 4 is 49.2 Å². The molecular weight excluding hydrogens is 402 g/mol. The smallest absolute Gasteiger partial charge is 0.194 e. The van der Waals surface area contributed by atoms with Gasteiger partial charge in [0.05, 0.1) is 15.7 Å². The molecular formula is C23H16ClN3OS. The third-order valence-electron chi connectivity index (χ3n) is 4.80. The van der Waals surface area contributed by atoms with Crippen molar-refractivity contribution in [2.45, 2.75) is 6.54 Å². The van der Waals surface area contributed by atoms with Gasteiger partial charge in [-0.15, -0.1) is 0 Å². The van der Waals surface area contributed by atoms with Gasteiger partial charge in [0, 0.05) is 34.4 Å². The molecule has 0 bridgehead atoms. The maximum absolute atomic E-state index is 13.1. The molecule has 0 fully saturated rings. The molecule has 0 radical (unpaired) electrons. The second-order valence-electron chi connectivity index (χ2n) is 6.69. The van der Waals surface area contributed by atoms with Gasteiger partial charge < -0.3 is 9.88 Å². The lowest BCUT2D eigenvalue weighted by Crippen LogP contribution is -2.17. The van der Waals surface area contributed by atoms with E-state index in [1.54, 1.807) is 23.5 Å². The number of thiazole rings is 1. The molecule has 0 atom stereocenters. The summed E-state index contributed by atoms with van der Waals surface area (Å²) in [6.07, 6.45) is 1.89. The highest BCUT2D eigenvalue weighted by Crippen LogP contribution is 2.26. The first-order valence-electron chi connectivity index (χ1n) is 9.18. The molecule has 0 aliphatic carbocycles. The van der Waals surface area contributed by atoms with Crippen LogP contribution >= 0.6 is 22.9 Å². The van der Waals surface area contributed by atoms with E-state index in [0.29, 0.717) is 22.5 Å². The summed E-state index contributed by atoms with van der Waals surface area (Å²) in [5.41, 5.74) is 3.38. The number of anilines is 1. The van der Waals surface area contributed by atoms with Crippen molar-refractivity contribution in [3.8, 4) is 5.69 Å². The van der Waals surface area contributed by atoms with Gasteiger partial charge in [-0.25, -0.2) is 4.98 Å². The number of nitrogens with zero attached hydrogens (tertiary/aromatic N) is 2. The van der Waals surface area contributed by atoms with Crippen LogP contribution in [0.5, 0.6) is 0 Å². The maximum atomic E-state index is 13.1. The zero-order valence-corrected chi connectivity index (χ0v) is 16.9. The Bertz CT molecular complexity index is 1360. The summed E-state index contributed by atoms with van der Waals surface area (Å²) in [5.74, 6) is 0. The van der Waals surface area contributed by atoms with E-state index in [4.69, 9.17) is 11.6 Å². The van der Waals surface area contributed by atoms with Crippen LogP contribution < -0.4 is 10.7 Å². The average molecular weight is 418 g/mol. The normalized spacial score (nSPS) is 11.2. The predicted octanol–water partition coefficient (Wildman–Crippen LogP) is 5.87. The number of para-hydroxylation sites is 2. The van der Waals surface area contributed by atoms with Gasteiger partial charge in [-0.2, -0.15) is 0 Å². The quantitative estimate of drug-likeness (QED) is 0.398. The minimum atomic E-state index is -0.00235. The fraction of sp³-hybridized carbons (Fsp3) is 0.0435. The third-order valence-corrected chi connectivity index (χ3v) is 6.03. The second-order valence-corrected chi connectivity index (χ2v) is 8.16. The molecule has 0 saturated carbocycles. The molecule has 1 N–H and O–H groups in total. The molecule has 6 heteroatoms. The topological polar surface area (TPSA) is 46.9 Å². The molecule has 0 aliphatic rings. The molecule has 0 saturated heterocycles. The standard InChI is InChI=1S/C23H16ClN3OS/c24-16-10-11-18-20(12-16)27(17-6-2-1-3-7-17)14-15(22(18)28)13-25-23-26-19-8-4-5-9-21(19)29-23/h1-12,14H,13H2,(H,25,26). The number of halogens is 1. The first-order valence-corrected chi connectivity index (χ1v) is 10.4. The van der Waals surface area contributed by atoms with E-state index >= 15 is 0 Å². The van der Waals surface area contributed by atoms with Crippen molar-refractivity contribution in [3.05, 3.63) is 99.8 Å². The van der Waals surface area contributed by atoms with Crippen LogP contribution in [0.2, 0.25) is 5.02 Å². The number of benzene rings is 3. The summed E-state index contributed by atoms with van der Waals surface area (Å²) in [5, 5.41) is 5.35. The number of aromatic nitrogens is 2. The third kappa shape index (κ3) is 3.39. The molecule has 2 aromatic heterocycles. The van der Waals surface area contributed by atoms with Gasteiger partial charge in [-0.3, -0.25) is 4.79 Å². The lowest BCUT2D eigenvalue weighted by molar-refractivity contribution is 1.03. The molecule has 5 aromatic rings. The van der Waals surface area contributed by atoms with E-state index in [9.17, 15) is 4.79 Å². The SMILES string of the molecule is O=c1c(CNc2nc3ccccc3s2)cn(-c2ccccc2)c2cc(Cl)ccc12. The van der Waals surface area contributed by atoms with E-state index in [1.807, 2.05) is 71.4 Å². The van der Waals surface area contributed by atoms with Crippen molar-refractivity contribution in [1.29, 1.82) is 0 Å². The molecule has 5 rings (SSSR count). The fourth-order valence-corrected chi connectivity index (χ4v) is 4.43. The summed E-state index contributed by atoms with van der Waals surface area (Å²) in [7, 11) is 0. The molecule has 142 valence electrons. The Labute approximate surface area is 176 Å². The summed E-state index contributed by atoms with van der Waals surface area (Å²) in [6, 6.07) is 23.3. The Morgan fingerprint density at radius 2 is 1.79 bits per heavy atom. The molecule has 3 aromatic carbocycles. The molecule has 0 aliphatic heterocycles. The molecule has 0 amide bonds. The molecule has 2 heterocycles. The Morgan fingerprint density at radius 1 is 1.00 bits per heavy atom. The molecule has 0 unspecified atom stereocenters. The zero-order valence-electron chi connectivity index (χ0n) is 15.3. The number of hydrogen-bond acceptors (Lipinski definition) is 4. The highest BCUT2D eigenvalue weighted by Gasteiger charge is 2.12. The lowest BCUT2D eigenvalue weighted by Gasteiger charge is -2.14. The fourth-order valence-electron chi connectivity index (χ4n) is 3.40. The highest BCUT2D eigenvalue weighted by atomic mass is 35.5. The van der Waals surface area contributed by atoms with Gasteiger partial charge in [-0.1, -0.05) is 53.3 Å². The van der Waals surface area contributed by atoms with E-state index in [2.05, 4.69) is 10.3 Å². The van der Waals surface area contributed by atoms with E-state index in [-0.39, 0.29) is 5.43 Å². The van der Waals surface area contributed by atoms with Gasteiger partial charge in [0.1, 0.15) is 0 Å². The van der Waals surface area contributed by atoms with Crippen LogP contribution in [0.1, 0.15) is 5.56 Å².